The third kappa shape index (κ3) is 6.95. The summed E-state index contributed by atoms with van der Waals surface area (Å²) in [5.41, 5.74) is 4.20. The third-order valence-corrected chi connectivity index (χ3v) is 4.37. The molecule has 1 aromatic rings. The van der Waals surface area contributed by atoms with Crippen LogP contribution >= 0.6 is 0 Å². The normalized spacial score (nSPS) is 18.2. The van der Waals surface area contributed by atoms with Gasteiger partial charge in [-0.05, 0) is 18.4 Å². The van der Waals surface area contributed by atoms with Gasteiger partial charge in [0.2, 0.25) is 0 Å². The summed E-state index contributed by atoms with van der Waals surface area (Å²) in [4.78, 5) is 21.0. The van der Waals surface area contributed by atoms with E-state index in [1.807, 2.05) is 35.2 Å². The number of halogens is 3. The maximum Gasteiger partial charge on any atom is 0.417 e. The highest BCUT2D eigenvalue weighted by Crippen LogP contribution is 2.39. The average molecular weight is 404 g/mol. The molecule has 0 bridgehead atoms. The van der Waals surface area contributed by atoms with Crippen molar-refractivity contribution in [3.63, 3.8) is 0 Å². The molecule has 7 nitrogen and oxygen atoms in total. The van der Waals surface area contributed by atoms with Crippen LogP contribution in [0.2, 0.25) is 0 Å². The molecule has 1 heterocycles. The van der Waals surface area contributed by atoms with Crippen LogP contribution in [0.1, 0.15) is 24.4 Å². The lowest BCUT2D eigenvalue weighted by Gasteiger charge is -2.42. The predicted molar refractivity (Wildman–Crippen MR) is 94.5 cm³/mol. The van der Waals surface area contributed by atoms with Gasteiger partial charge in [-0.3, -0.25) is 4.90 Å². The number of nitrogens with zero attached hydrogens (tertiary/aromatic N) is 1. The number of hydrogen-bond acceptors (Lipinski definition) is 5. The second-order valence-corrected chi connectivity index (χ2v) is 6.24. The first-order valence-electron chi connectivity index (χ1n) is 8.42. The zero-order valence-electron chi connectivity index (χ0n) is 15.0. The van der Waals surface area contributed by atoms with Gasteiger partial charge < -0.3 is 21.1 Å². The summed E-state index contributed by atoms with van der Waals surface area (Å²) in [5, 5.41) is 25.3. The van der Waals surface area contributed by atoms with Crippen molar-refractivity contribution in [3.05, 3.63) is 48.0 Å². The molecular weight excluding hydrogens is 381 g/mol. The summed E-state index contributed by atoms with van der Waals surface area (Å²) in [6.07, 6.45) is -4.06. The minimum atomic E-state index is -4.57. The van der Waals surface area contributed by atoms with Gasteiger partial charge in [0.05, 0.1) is 0 Å². The van der Waals surface area contributed by atoms with Gasteiger partial charge in [-0.25, -0.2) is 9.59 Å². The van der Waals surface area contributed by atoms with Crippen LogP contribution in [0.3, 0.4) is 0 Å². The fourth-order valence-corrected chi connectivity index (χ4v) is 2.80. The van der Waals surface area contributed by atoms with Crippen LogP contribution in [-0.2, 0) is 9.59 Å². The molecule has 10 heteroatoms. The molecule has 0 spiro atoms. The molecule has 0 aromatic heterocycles. The van der Waals surface area contributed by atoms with Crippen molar-refractivity contribution in [2.24, 2.45) is 5.73 Å². The fraction of sp³-hybridized carbons (Fsp3) is 0.444. The first kappa shape index (κ1) is 23.6. The van der Waals surface area contributed by atoms with Crippen LogP contribution in [0.25, 0.3) is 0 Å². The second kappa shape index (κ2) is 10.2. The van der Waals surface area contributed by atoms with E-state index in [9.17, 15) is 27.9 Å². The van der Waals surface area contributed by atoms with Gasteiger partial charge in [-0.15, -0.1) is 0 Å². The van der Waals surface area contributed by atoms with Crippen LogP contribution in [0.15, 0.2) is 42.5 Å². The largest absolute Gasteiger partial charge is 0.478 e. The molecular formula is C18H23F3N2O5. The van der Waals surface area contributed by atoms with Crippen molar-refractivity contribution in [2.75, 3.05) is 19.6 Å². The van der Waals surface area contributed by atoms with Crippen molar-refractivity contribution < 1.29 is 38.1 Å². The molecule has 5 N–H and O–H groups in total. The zero-order valence-corrected chi connectivity index (χ0v) is 15.0. The summed E-state index contributed by atoms with van der Waals surface area (Å²) in [6, 6.07) is 9.39. The Bertz CT molecular complexity index is 656. The Labute approximate surface area is 159 Å². The molecule has 1 atom stereocenters. The predicted octanol–water partition coefficient (Wildman–Crippen LogP) is 1.79. The molecule has 1 unspecified atom stereocenters. The van der Waals surface area contributed by atoms with Crippen LogP contribution < -0.4 is 5.73 Å². The molecule has 2 rings (SSSR count). The van der Waals surface area contributed by atoms with Gasteiger partial charge in [0.15, 0.2) is 5.60 Å². The van der Waals surface area contributed by atoms with Crippen molar-refractivity contribution >= 4 is 11.9 Å². The van der Waals surface area contributed by atoms with Crippen molar-refractivity contribution in [1.82, 2.24) is 4.90 Å². The summed E-state index contributed by atoms with van der Waals surface area (Å²) in [7, 11) is 0. The highest BCUT2D eigenvalue weighted by atomic mass is 19.4. The van der Waals surface area contributed by atoms with Gasteiger partial charge in [0.25, 0.3) is 0 Å². The number of carboxylic acids is 2. The smallest absolute Gasteiger partial charge is 0.417 e. The summed E-state index contributed by atoms with van der Waals surface area (Å²) >= 11 is 0. The van der Waals surface area contributed by atoms with E-state index < -0.39 is 23.7 Å². The van der Waals surface area contributed by atoms with Crippen LogP contribution in [-0.4, -0.2) is 63.6 Å². The molecule has 28 heavy (non-hydrogen) atoms. The van der Waals surface area contributed by atoms with Crippen LogP contribution in [0.4, 0.5) is 13.2 Å². The van der Waals surface area contributed by atoms with E-state index in [-0.39, 0.29) is 32.0 Å². The molecule has 0 amide bonds. The molecule has 156 valence electrons. The molecule has 0 radical (unpaired) electrons. The zero-order chi connectivity index (χ0) is 21.4. The van der Waals surface area contributed by atoms with Crippen molar-refractivity contribution in [2.45, 2.75) is 30.7 Å². The van der Waals surface area contributed by atoms with Crippen LogP contribution in [0, 0.1) is 0 Å². The molecule has 1 saturated heterocycles. The number of hydrogen-bond donors (Lipinski definition) is 4. The molecule has 1 fully saturated rings. The van der Waals surface area contributed by atoms with Gasteiger partial charge in [0, 0.05) is 37.8 Å². The van der Waals surface area contributed by atoms with Gasteiger partial charge >= 0.3 is 18.1 Å². The molecule has 0 saturated carbocycles. The topological polar surface area (TPSA) is 124 Å². The molecule has 1 aromatic carbocycles. The number of alkyl halides is 3. The minimum Gasteiger partial charge on any atom is -0.478 e. The van der Waals surface area contributed by atoms with E-state index >= 15 is 0 Å². The van der Waals surface area contributed by atoms with Crippen molar-refractivity contribution in [1.29, 1.82) is 0 Å². The maximum atomic E-state index is 12.8. The summed E-state index contributed by atoms with van der Waals surface area (Å²) in [6.45, 7) is 0.716. The summed E-state index contributed by atoms with van der Waals surface area (Å²) < 4.78 is 38.3. The number of carboxylic acid groups (broad SMARTS) is 2. The number of rotatable bonds is 5. The lowest BCUT2D eigenvalue weighted by atomic mass is 9.89. The molecule has 1 aliphatic heterocycles. The lowest BCUT2D eigenvalue weighted by Crippen LogP contribution is -2.54. The van der Waals surface area contributed by atoms with E-state index in [2.05, 4.69) is 0 Å². The number of aliphatic hydroxyl groups is 1. The van der Waals surface area contributed by atoms with Crippen LogP contribution in [0.5, 0.6) is 0 Å². The van der Waals surface area contributed by atoms with Gasteiger partial charge in [-0.1, -0.05) is 30.3 Å². The molecule has 0 aliphatic carbocycles. The quantitative estimate of drug-likeness (QED) is 0.552. The highest BCUT2D eigenvalue weighted by molar-refractivity contribution is 5.89. The number of benzene rings is 1. The van der Waals surface area contributed by atoms with E-state index in [1.165, 1.54) is 0 Å². The Kier molecular flexibility index (Phi) is 8.61. The summed E-state index contributed by atoms with van der Waals surface area (Å²) in [5.74, 6) is -2.51. The number of piperidine rings is 1. The van der Waals surface area contributed by atoms with Gasteiger partial charge in [-0.2, -0.15) is 13.2 Å². The van der Waals surface area contributed by atoms with Crippen molar-refractivity contribution in [3.8, 4) is 0 Å². The minimum absolute atomic E-state index is 0.103. The first-order chi connectivity index (χ1) is 13.0. The van der Waals surface area contributed by atoms with E-state index in [1.54, 1.807) is 0 Å². The SMILES string of the molecule is NCC(c1ccccc1)N1CCC(O)(C(F)(F)F)CC1.O=C(O)/C=C/C(=O)O. The Balaban J connectivity index is 0.000000416. The standard InChI is InChI=1S/C14H19F3N2O.C4H4O4/c15-14(16,17)13(20)6-8-19(9-7-13)12(10-18)11-4-2-1-3-5-11;5-3(6)1-2-4(7)8/h1-5,12,20H,6-10,18H2;1-2H,(H,5,6)(H,7,8)/b;2-1+. The Morgan fingerprint density at radius 3 is 1.93 bits per heavy atom. The number of carbonyl (C=O) groups is 2. The maximum absolute atomic E-state index is 12.8. The number of nitrogens with two attached hydrogens (primary N) is 1. The van der Waals surface area contributed by atoms with E-state index in [4.69, 9.17) is 15.9 Å². The number of aliphatic carboxylic acids is 2. The fourth-order valence-electron chi connectivity index (χ4n) is 2.80. The Hall–Kier alpha value is -2.43. The highest BCUT2D eigenvalue weighted by Gasteiger charge is 2.54. The lowest BCUT2D eigenvalue weighted by molar-refractivity contribution is -0.273. The monoisotopic (exact) mass is 404 g/mol. The number of likely N-dealkylation sites (tertiary alicyclic amines) is 1. The van der Waals surface area contributed by atoms with Gasteiger partial charge in [0.1, 0.15) is 0 Å². The Morgan fingerprint density at radius 1 is 1.11 bits per heavy atom. The molecule has 1 aliphatic rings. The third-order valence-electron chi connectivity index (χ3n) is 4.37. The van der Waals surface area contributed by atoms with E-state index in [0.717, 1.165) is 5.56 Å². The average Bonchev–Trinajstić information content (AvgIpc) is 2.63. The van der Waals surface area contributed by atoms with E-state index in [0.29, 0.717) is 18.7 Å². The Morgan fingerprint density at radius 2 is 1.57 bits per heavy atom. The second-order valence-electron chi connectivity index (χ2n) is 6.24. The first-order valence-corrected chi connectivity index (χ1v) is 8.42.